The molecule has 0 aromatic heterocycles. The summed E-state index contributed by atoms with van der Waals surface area (Å²) in [5, 5.41) is 19.3. The second kappa shape index (κ2) is 6.38. The molecule has 0 amide bonds. The van der Waals surface area contributed by atoms with E-state index in [1.165, 1.54) is 0 Å². The topological polar surface area (TPSA) is 43.7 Å². The first-order valence-corrected chi connectivity index (χ1v) is 6.29. The van der Waals surface area contributed by atoms with Gasteiger partial charge in [-0.3, -0.25) is 4.90 Å². The molecular formula is C13H25NO2. The van der Waals surface area contributed by atoms with Crippen LogP contribution < -0.4 is 0 Å². The van der Waals surface area contributed by atoms with E-state index in [2.05, 4.69) is 31.0 Å². The monoisotopic (exact) mass is 227 g/mol. The predicted octanol–water partition coefficient (Wildman–Crippen LogP) is 1.40. The summed E-state index contributed by atoms with van der Waals surface area (Å²) in [6, 6.07) is 0.310. The molecule has 0 aliphatic carbocycles. The lowest BCUT2D eigenvalue weighted by atomic mass is 9.92. The second-order valence-corrected chi connectivity index (χ2v) is 5.00. The van der Waals surface area contributed by atoms with Crippen LogP contribution in [0.4, 0.5) is 0 Å². The lowest BCUT2D eigenvalue weighted by Gasteiger charge is -2.35. The molecule has 3 nitrogen and oxygen atoms in total. The van der Waals surface area contributed by atoms with Crippen molar-refractivity contribution in [2.24, 2.45) is 5.92 Å². The number of hydrogen-bond acceptors (Lipinski definition) is 3. The molecule has 1 aliphatic rings. The summed E-state index contributed by atoms with van der Waals surface area (Å²) in [5.41, 5.74) is 0. The number of hydrogen-bond donors (Lipinski definition) is 2. The Morgan fingerprint density at radius 1 is 1.38 bits per heavy atom. The van der Waals surface area contributed by atoms with Crippen molar-refractivity contribution in [2.45, 2.75) is 51.4 Å². The van der Waals surface area contributed by atoms with Gasteiger partial charge in [-0.15, -0.1) is 0 Å². The number of rotatable bonds is 5. The Morgan fingerprint density at radius 2 is 2.06 bits per heavy atom. The smallest absolute Gasteiger partial charge is 0.0615 e. The van der Waals surface area contributed by atoms with E-state index < -0.39 is 0 Å². The van der Waals surface area contributed by atoms with E-state index >= 15 is 0 Å². The third kappa shape index (κ3) is 3.89. The molecule has 1 rings (SSSR count). The fourth-order valence-corrected chi connectivity index (χ4v) is 2.31. The van der Waals surface area contributed by atoms with Crippen molar-refractivity contribution in [3.8, 4) is 0 Å². The predicted molar refractivity (Wildman–Crippen MR) is 66.3 cm³/mol. The maximum Gasteiger partial charge on any atom is 0.0615 e. The lowest BCUT2D eigenvalue weighted by Crippen LogP contribution is -2.42. The third-order valence-electron chi connectivity index (χ3n) is 3.31. The van der Waals surface area contributed by atoms with E-state index in [4.69, 9.17) is 0 Å². The highest BCUT2D eigenvalue weighted by molar-refractivity contribution is 5.05. The van der Waals surface area contributed by atoms with Gasteiger partial charge in [0.05, 0.1) is 12.2 Å². The molecule has 1 aliphatic heterocycles. The number of nitrogens with zero attached hydrogens (tertiary/aromatic N) is 1. The second-order valence-electron chi connectivity index (χ2n) is 5.00. The van der Waals surface area contributed by atoms with Crippen molar-refractivity contribution in [1.29, 1.82) is 0 Å². The summed E-state index contributed by atoms with van der Waals surface area (Å²) < 4.78 is 0. The van der Waals surface area contributed by atoms with Crippen LogP contribution in [0.3, 0.4) is 0 Å². The third-order valence-corrected chi connectivity index (χ3v) is 3.31. The van der Waals surface area contributed by atoms with Crippen LogP contribution in [0.5, 0.6) is 0 Å². The Hall–Kier alpha value is -0.380. The Morgan fingerprint density at radius 3 is 2.56 bits per heavy atom. The van der Waals surface area contributed by atoms with Crippen LogP contribution in [0, 0.1) is 5.92 Å². The molecule has 0 aromatic carbocycles. The first-order valence-electron chi connectivity index (χ1n) is 6.29. The number of aliphatic hydroxyl groups is 2. The zero-order valence-corrected chi connectivity index (χ0v) is 10.6. The van der Waals surface area contributed by atoms with Gasteiger partial charge in [0.1, 0.15) is 0 Å². The molecule has 0 fully saturated rings. The normalized spacial score (nSPS) is 30.3. The first-order chi connectivity index (χ1) is 7.54. The summed E-state index contributed by atoms with van der Waals surface area (Å²) in [6.45, 7) is 4.80. The molecule has 0 saturated carbocycles. The van der Waals surface area contributed by atoms with Gasteiger partial charge in [0.2, 0.25) is 0 Å². The van der Waals surface area contributed by atoms with Crippen LogP contribution in [0.15, 0.2) is 12.2 Å². The highest BCUT2D eigenvalue weighted by Gasteiger charge is 2.25. The number of aliphatic hydroxyl groups excluding tert-OH is 2. The van der Waals surface area contributed by atoms with Gasteiger partial charge in [-0.25, -0.2) is 0 Å². The van der Waals surface area contributed by atoms with Crippen LogP contribution in [0.25, 0.3) is 0 Å². The molecule has 0 aromatic rings. The van der Waals surface area contributed by atoms with Gasteiger partial charge in [-0.05, 0) is 26.8 Å². The summed E-state index contributed by atoms with van der Waals surface area (Å²) in [5.74, 6) is 0.246. The van der Waals surface area contributed by atoms with E-state index in [0.717, 1.165) is 25.8 Å². The van der Waals surface area contributed by atoms with E-state index in [0.29, 0.717) is 6.04 Å². The molecule has 0 spiro atoms. The maximum atomic E-state index is 9.93. The molecule has 0 bridgehead atoms. The van der Waals surface area contributed by atoms with Crippen molar-refractivity contribution in [3.05, 3.63) is 12.2 Å². The van der Waals surface area contributed by atoms with E-state index in [1.54, 1.807) is 0 Å². The van der Waals surface area contributed by atoms with Gasteiger partial charge in [0.15, 0.2) is 0 Å². The summed E-state index contributed by atoms with van der Waals surface area (Å²) in [7, 11) is 2.06. The molecule has 16 heavy (non-hydrogen) atoms. The maximum absolute atomic E-state index is 9.93. The minimum atomic E-state index is -0.269. The van der Waals surface area contributed by atoms with E-state index in [9.17, 15) is 10.2 Å². The van der Waals surface area contributed by atoms with Gasteiger partial charge in [0.25, 0.3) is 0 Å². The van der Waals surface area contributed by atoms with Gasteiger partial charge in [-0.2, -0.15) is 0 Å². The van der Waals surface area contributed by atoms with Crippen molar-refractivity contribution in [3.63, 3.8) is 0 Å². The molecule has 4 atom stereocenters. The Kier molecular flexibility index (Phi) is 5.46. The highest BCUT2D eigenvalue weighted by atomic mass is 16.3. The molecule has 2 N–H and O–H groups in total. The average molecular weight is 227 g/mol. The van der Waals surface area contributed by atoms with Crippen LogP contribution in [-0.4, -0.2) is 47.0 Å². The van der Waals surface area contributed by atoms with Gasteiger partial charge in [-0.1, -0.05) is 25.5 Å². The minimum Gasteiger partial charge on any atom is -0.393 e. The SMILES string of the molecule is CCCC(O)C1C=CC(CC(C)O)N(C)C1. The standard InChI is InChI=1S/C13H25NO2/c1-4-5-13(16)11-6-7-12(8-10(2)15)14(3)9-11/h6-7,10-13,15-16H,4-5,8-9H2,1-3H3. The van der Waals surface area contributed by atoms with Gasteiger partial charge < -0.3 is 10.2 Å². The van der Waals surface area contributed by atoms with Crippen LogP contribution >= 0.6 is 0 Å². The van der Waals surface area contributed by atoms with Crippen molar-refractivity contribution in [1.82, 2.24) is 4.90 Å². The molecule has 94 valence electrons. The van der Waals surface area contributed by atoms with Crippen LogP contribution in [-0.2, 0) is 0 Å². The minimum absolute atomic E-state index is 0.226. The Labute approximate surface area is 98.8 Å². The summed E-state index contributed by atoms with van der Waals surface area (Å²) >= 11 is 0. The quantitative estimate of drug-likeness (QED) is 0.698. The van der Waals surface area contributed by atoms with Crippen LogP contribution in [0.2, 0.25) is 0 Å². The lowest BCUT2D eigenvalue weighted by molar-refractivity contribution is 0.0761. The van der Waals surface area contributed by atoms with Crippen LogP contribution in [0.1, 0.15) is 33.1 Å². The average Bonchev–Trinajstić information content (AvgIpc) is 2.20. The zero-order chi connectivity index (χ0) is 12.1. The molecule has 0 radical (unpaired) electrons. The van der Waals surface area contributed by atoms with Gasteiger partial charge in [0, 0.05) is 18.5 Å². The summed E-state index contributed by atoms with van der Waals surface area (Å²) in [6.07, 6.45) is 6.40. The fraction of sp³-hybridized carbons (Fsp3) is 0.846. The van der Waals surface area contributed by atoms with Crippen molar-refractivity contribution < 1.29 is 10.2 Å². The largest absolute Gasteiger partial charge is 0.393 e. The summed E-state index contributed by atoms with van der Waals surface area (Å²) in [4.78, 5) is 2.22. The first kappa shape index (κ1) is 13.7. The number of likely N-dealkylation sites (N-methyl/N-ethyl adjacent to an activating group) is 1. The molecule has 1 heterocycles. The molecule has 0 saturated heterocycles. The Bertz CT molecular complexity index is 228. The van der Waals surface area contributed by atoms with Crippen molar-refractivity contribution >= 4 is 0 Å². The molecule has 3 heteroatoms. The van der Waals surface area contributed by atoms with Gasteiger partial charge >= 0.3 is 0 Å². The Balaban J connectivity index is 2.52. The molecular weight excluding hydrogens is 202 g/mol. The van der Waals surface area contributed by atoms with Crippen molar-refractivity contribution in [2.75, 3.05) is 13.6 Å². The fourth-order valence-electron chi connectivity index (χ4n) is 2.31. The highest BCUT2D eigenvalue weighted by Crippen LogP contribution is 2.21. The molecule has 4 unspecified atom stereocenters. The van der Waals surface area contributed by atoms with E-state index in [1.807, 2.05) is 6.92 Å². The van der Waals surface area contributed by atoms with E-state index in [-0.39, 0.29) is 18.1 Å². The zero-order valence-electron chi connectivity index (χ0n) is 10.6.